The van der Waals surface area contributed by atoms with Crippen LogP contribution in [0.25, 0.3) is 0 Å². The van der Waals surface area contributed by atoms with Gasteiger partial charge in [-0.2, -0.15) is 0 Å². The normalized spacial score (nSPS) is 17.9. The van der Waals surface area contributed by atoms with Gasteiger partial charge in [0.25, 0.3) is 5.91 Å². The van der Waals surface area contributed by atoms with Gasteiger partial charge in [-0.05, 0) is 75.1 Å². The molecule has 2 rings (SSSR count). The van der Waals surface area contributed by atoms with Gasteiger partial charge in [0, 0.05) is 31.0 Å². The molecule has 37 heavy (non-hydrogen) atoms. The number of carboxylic acids is 2. The lowest BCUT2D eigenvalue weighted by atomic mass is 9.81. The summed E-state index contributed by atoms with van der Waals surface area (Å²) in [7, 11) is 0. The lowest BCUT2D eigenvalue weighted by molar-refractivity contribution is -0.139. The molecule has 1 saturated carbocycles. The van der Waals surface area contributed by atoms with E-state index in [9.17, 15) is 29.1 Å². The Balaban J connectivity index is 1.72. The second kappa shape index (κ2) is 15.6. The molecule has 0 aliphatic heterocycles. The highest BCUT2D eigenvalue weighted by Crippen LogP contribution is 2.28. The predicted molar refractivity (Wildman–Crippen MR) is 135 cm³/mol. The van der Waals surface area contributed by atoms with Crippen molar-refractivity contribution in [2.24, 2.45) is 17.6 Å². The van der Waals surface area contributed by atoms with Crippen LogP contribution < -0.4 is 21.7 Å². The lowest BCUT2D eigenvalue weighted by Gasteiger charge is -2.28. The fourth-order valence-corrected chi connectivity index (χ4v) is 4.30. The van der Waals surface area contributed by atoms with Gasteiger partial charge >= 0.3 is 11.9 Å². The van der Waals surface area contributed by atoms with Crippen LogP contribution >= 0.6 is 0 Å². The average molecular weight is 519 g/mol. The van der Waals surface area contributed by atoms with E-state index in [1.165, 1.54) is 0 Å². The van der Waals surface area contributed by atoms with Crippen molar-refractivity contribution in [3.05, 3.63) is 35.4 Å². The number of hydrogen-bond donors (Lipinski definition) is 6. The van der Waals surface area contributed by atoms with Crippen LogP contribution in [0.5, 0.6) is 0 Å². The van der Waals surface area contributed by atoms with Crippen molar-refractivity contribution < 1.29 is 34.2 Å². The zero-order valence-electron chi connectivity index (χ0n) is 21.0. The molecule has 11 nitrogen and oxygen atoms in total. The first-order chi connectivity index (χ1) is 17.7. The maximum atomic E-state index is 12.6. The quantitative estimate of drug-likeness (QED) is 0.188. The van der Waals surface area contributed by atoms with E-state index in [1.807, 2.05) is 0 Å². The SMILES string of the molecule is NCCCC[C@H](NC(=O)c1ccc(CNC(=O)C2CCC(CNC(=O)CCC(=O)O)CC2)cc1)C(=O)O. The third-order valence-electron chi connectivity index (χ3n) is 6.60. The molecule has 11 heteroatoms. The van der Waals surface area contributed by atoms with Crippen molar-refractivity contribution in [1.82, 2.24) is 16.0 Å². The van der Waals surface area contributed by atoms with E-state index in [-0.39, 0.29) is 36.5 Å². The van der Waals surface area contributed by atoms with Crippen LogP contribution in [0, 0.1) is 11.8 Å². The lowest BCUT2D eigenvalue weighted by Crippen LogP contribution is -2.40. The number of aliphatic carboxylic acids is 2. The summed E-state index contributed by atoms with van der Waals surface area (Å²) in [5.74, 6) is -2.68. The first kappa shape index (κ1) is 29.8. The number of amides is 3. The Hall–Kier alpha value is -3.47. The van der Waals surface area contributed by atoms with Gasteiger partial charge in [-0.1, -0.05) is 12.1 Å². The number of carboxylic acid groups (broad SMARTS) is 2. The number of rotatable bonds is 15. The highest BCUT2D eigenvalue weighted by atomic mass is 16.4. The van der Waals surface area contributed by atoms with Crippen molar-refractivity contribution in [3.8, 4) is 0 Å². The van der Waals surface area contributed by atoms with Crippen molar-refractivity contribution in [2.75, 3.05) is 13.1 Å². The van der Waals surface area contributed by atoms with Gasteiger partial charge in [0.15, 0.2) is 0 Å². The number of hydrogen-bond acceptors (Lipinski definition) is 6. The van der Waals surface area contributed by atoms with E-state index >= 15 is 0 Å². The first-order valence-corrected chi connectivity index (χ1v) is 12.8. The van der Waals surface area contributed by atoms with Crippen molar-refractivity contribution in [2.45, 2.75) is 70.4 Å². The molecule has 0 unspecified atom stereocenters. The zero-order chi connectivity index (χ0) is 27.2. The molecule has 7 N–H and O–H groups in total. The number of carbonyl (C=O) groups is 5. The maximum absolute atomic E-state index is 12.6. The van der Waals surface area contributed by atoms with E-state index in [1.54, 1.807) is 24.3 Å². The molecule has 0 spiro atoms. The van der Waals surface area contributed by atoms with E-state index in [0.717, 1.165) is 31.2 Å². The summed E-state index contributed by atoms with van der Waals surface area (Å²) < 4.78 is 0. The number of unbranched alkanes of at least 4 members (excludes halogenated alkanes) is 1. The Morgan fingerprint density at radius 1 is 0.919 bits per heavy atom. The van der Waals surface area contributed by atoms with Crippen LogP contribution in [-0.4, -0.2) is 59.0 Å². The van der Waals surface area contributed by atoms with Gasteiger partial charge in [-0.15, -0.1) is 0 Å². The summed E-state index contributed by atoms with van der Waals surface area (Å²) in [5, 5.41) is 26.2. The summed E-state index contributed by atoms with van der Waals surface area (Å²) in [6.45, 7) is 1.28. The molecule has 0 saturated heterocycles. The molecule has 0 radical (unpaired) electrons. The molecule has 1 aromatic rings. The number of benzene rings is 1. The van der Waals surface area contributed by atoms with Crippen LogP contribution in [0.2, 0.25) is 0 Å². The van der Waals surface area contributed by atoms with E-state index in [0.29, 0.717) is 44.5 Å². The van der Waals surface area contributed by atoms with Gasteiger partial charge in [0.2, 0.25) is 11.8 Å². The van der Waals surface area contributed by atoms with Crippen molar-refractivity contribution >= 4 is 29.7 Å². The van der Waals surface area contributed by atoms with Crippen LogP contribution in [0.3, 0.4) is 0 Å². The topological polar surface area (TPSA) is 188 Å². The van der Waals surface area contributed by atoms with Gasteiger partial charge in [-0.25, -0.2) is 4.79 Å². The largest absolute Gasteiger partial charge is 0.481 e. The minimum atomic E-state index is -1.08. The van der Waals surface area contributed by atoms with E-state index < -0.39 is 23.9 Å². The second-order valence-electron chi connectivity index (χ2n) is 9.48. The van der Waals surface area contributed by atoms with Crippen LogP contribution in [0.1, 0.15) is 73.7 Å². The van der Waals surface area contributed by atoms with Gasteiger partial charge in [-0.3, -0.25) is 19.2 Å². The standard InChI is InChI=1S/C26H38N4O7/c27-14-2-1-3-21(26(36)37)30-25(35)20-10-6-18(7-11-20)16-29-24(34)19-8-4-17(5-9-19)15-28-22(31)12-13-23(32)33/h6-7,10-11,17,19,21H,1-5,8-9,12-16,27H2,(H,28,31)(H,29,34)(H,30,35)(H,32,33)(H,36,37)/t17?,19?,21-/m0/s1. The van der Waals surface area contributed by atoms with Crippen LogP contribution in [0.4, 0.5) is 0 Å². The van der Waals surface area contributed by atoms with Crippen molar-refractivity contribution in [1.29, 1.82) is 0 Å². The molecule has 3 amide bonds. The Bertz CT molecular complexity index is 927. The summed E-state index contributed by atoms with van der Waals surface area (Å²) in [5.41, 5.74) is 6.60. The monoisotopic (exact) mass is 518 g/mol. The van der Waals surface area contributed by atoms with Crippen LogP contribution in [0.15, 0.2) is 24.3 Å². The van der Waals surface area contributed by atoms with E-state index in [2.05, 4.69) is 16.0 Å². The van der Waals surface area contributed by atoms with Crippen molar-refractivity contribution in [3.63, 3.8) is 0 Å². The zero-order valence-corrected chi connectivity index (χ0v) is 21.0. The highest BCUT2D eigenvalue weighted by Gasteiger charge is 2.26. The number of nitrogens with one attached hydrogen (secondary N) is 3. The van der Waals surface area contributed by atoms with Gasteiger partial charge in [0.05, 0.1) is 6.42 Å². The molecule has 1 fully saturated rings. The molecular formula is C26H38N4O7. The Labute approximate surface area is 216 Å². The fourth-order valence-electron chi connectivity index (χ4n) is 4.30. The summed E-state index contributed by atoms with van der Waals surface area (Å²) in [6, 6.07) is 5.69. The summed E-state index contributed by atoms with van der Waals surface area (Å²) >= 11 is 0. The number of carbonyl (C=O) groups excluding carboxylic acids is 3. The molecule has 204 valence electrons. The molecule has 0 aromatic heterocycles. The minimum absolute atomic E-state index is 0.0309. The minimum Gasteiger partial charge on any atom is -0.481 e. The average Bonchev–Trinajstić information content (AvgIpc) is 2.89. The van der Waals surface area contributed by atoms with Crippen LogP contribution in [-0.2, 0) is 25.7 Å². The molecule has 1 atom stereocenters. The summed E-state index contributed by atoms with van der Waals surface area (Å²) in [6.07, 6.45) is 4.45. The van der Waals surface area contributed by atoms with Gasteiger partial charge < -0.3 is 31.9 Å². The maximum Gasteiger partial charge on any atom is 0.326 e. The fraction of sp³-hybridized carbons (Fsp3) is 0.577. The smallest absolute Gasteiger partial charge is 0.326 e. The van der Waals surface area contributed by atoms with Gasteiger partial charge in [0.1, 0.15) is 6.04 Å². The first-order valence-electron chi connectivity index (χ1n) is 12.8. The Morgan fingerprint density at radius 3 is 2.19 bits per heavy atom. The Morgan fingerprint density at radius 2 is 1.59 bits per heavy atom. The molecule has 1 aliphatic carbocycles. The summed E-state index contributed by atoms with van der Waals surface area (Å²) in [4.78, 5) is 58.6. The Kier molecular flexibility index (Phi) is 12.5. The molecule has 1 aromatic carbocycles. The molecule has 0 heterocycles. The highest BCUT2D eigenvalue weighted by molar-refractivity contribution is 5.96. The predicted octanol–water partition coefficient (Wildman–Crippen LogP) is 1.40. The second-order valence-corrected chi connectivity index (χ2v) is 9.48. The molecule has 0 bridgehead atoms. The van der Waals surface area contributed by atoms with E-state index in [4.69, 9.17) is 10.8 Å². The number of nitrogens with two attached hydrogens (primary N) is 1. The molecular weight excluding hydrogens is 480 g/mol. The third kappa shape index (κ3) is 11.0. The molecule has 1 aliphatic rings. The third-order valence-corrected chi connectivity index (χ3v) is 6.60.